The molecule has 3 rings (SSSR count). The zero-order valence-corrected chi connectivity index (χ0v) is 15.4. The Kier molecular flexibility index (Phi) is 5.71. The minimum atomic E-state index is -3.61. The monoisotopic (exact) mass is 392 g/mol. The van der Waals surface area contributed by atoms with Gasteiger partial charge < -0.3 is 4.74 Å². The van der Waals surface area contributed by atoms with Crippen molar-refractivity contribution in [1.29, 1.82) is 5.26 Å². The van der Waals surface area contributed by atoms with E-state index in [9.17, 15) is 8.42 Å². The molecular formula is C17H17ClN4O3S. The maximum absolute atomic E-state index is 12.4. The third-order valence-corrected chi connectivity index (χ3v) is 5.89. The summed E-state index contributed by atoms with van der Waals surface area (Å²) in [4.78, 5) is 8.17. The van der Waals surface area contributed by atoms with Crippen molar-refractivity contribution < 1.29 is 13.2 Å². The number of rotatable bonds is 5. The van der Waals surface area contributed by atoms with Crippen molar-refractivity contribution in [3.63, 3.8) is 0 Å². The van der Waals surface area contributed by atoms with Gasteiger partial charge in [-0.2, -0.15) is 5.26 Å². The molecule has 1 aromatic heterocycles. The first-order valence-corrected chi connectivity index (χ1v) is 9.99. The number of aromatic nitrogens is 2. The van der Waals surface area contributed by atoms with Crippen molar-refractivity contribution in [3.05, 3.63) is 47.2 Å². The number of halogens is 1. The Balaban J connectivity index is 1.54. The van der Waals surface area contributed by atoms with E-state index < -0.39 is 10.0 Å². The number of nitriles is 1. The third kappa shape index (κ3) is 4.69. The number of hydrogen-bond donors (Lipinski definition) is 1. The largest absolute Gasteiger partial charge is 0.460 e. The zero-order valence-electron chi connectivity index (χ0n) is 13.8. The van der Waals surface area contributed by atoms with Crippen LogP contribution < -0.4 is 9.46 Å². The summed E-state index contributed by atoms with van der Waals surface area (Å²) in [5, 5.41) is 9.24. The standard InChI is InChI=1S/C17H17ClN4O3S/c18-13-10-20-17(21-11-13)25-15-5-3-14(4-6-15)22-26(23,24)16-7-1-12(9-19)2-8-16/h1-2,7-8,10-11,14-15,22H,3-6H2. The highest BCUT2D eigenvalue weighted by Crippen LogP contribution is 2.24. The summed E-state index contributed by atoms with van der Waals surface area (Å²) in [6, 6.07) is 7.95. The first-order valence-electron chi connectivity index (χ1n) is 8.13. The molecule has 0 spiro atoms. The summed E-state index contributed by atoms with van der Waals surface area (Å²) >= 11 is 5.74. The molecule has 0 unspecified atom stereocenters. The highest BCUT2D eigenvalue weighted by molar-refractivity contribution is 7.89. The van der Waals surface area contributed by atoms with Crippen LogP contribution in [0.3, 0.4) is 0 Å². The van der Waals surface area contributed by atoms with Gasteiger partial charge in [-0.3, -0.25) is 0 Å². The van der Waals surface area contributed by atoms with E-state index >= 15 is 0 Å². The molecular weight excluding hydrogens is 376 g/mol. The van der Waals surface area contributed by atoms with Crippen molar-refractivity contribution in [3.8, 4) is 12.1 Å². The van der Waals surface area contributed by atoms with Gasteiger partial charge >= 0.3 is 6.01 Å². The zero-order chi connectivity index (χ0) is 18.6. The van der Waals surface area contributed by atoms with Crippen LogP contribution in [0.1, 0.15) is 31.2 Å². The van der Waals surface area contributed by atoms with Gasteiger partial charge in [0.1, 0.15) is 6.10 Å². The lowest BCUT2D eigenvalue weighted by Gasteiger charge is -2.28. The molecule has 0 radical (unpaired) electrons. The molecule has 1 heterocycles. The average molecular weight is 393 g/mol. The Labute approximate surface area is 157 Å². The maximum Gasteiger partial charge on any atom is 0.316 e. The molecule has 1 aromatic carbocycles. The minimum absolute atomic E-state index is 0.0492. The normalized spacial score (nSPS) is 20.3. The van der Waals surface area contributed by atoms with Gasteiger partial charge in [-0.05, 0) is 49.9 Å². The van der Waals surface area contributed by atoms with Crippen LogP contribution in [0.15, 0.2) is 41.6 Å². The quantitative estimate of drug-likeness (QED) is 0.838. The van der Waals surface area contributed by atoms with E-state index in [2.05, 4.69) is 14.7 Å². The van der Waals surface area contributed by atoms with Gasteiger partial charge in [0.2, 0.25) is 10.0 Å². The van der Waals surface area contributed by atoms with Crippen LogP contribution in [0.4, 0.5) is 0 Å². The van der Waals surface area contributed by atoms with Gasteiger partial charge in [0.25, 0.3) is 0 Å². The first-order chi connectivity index (χ1) is 12.5. The van der Waals surface area contributed by atoms with Gasteiger partial charge in [-0.15, -0.1) is 0 Å². The molecule has 1 aliphatic rings. The molecule has 2 aromatic rings. The van der Waals surface area contributed by atoms with Crippen molar-refractivity contribution in [1.82, 2.24) is 14.7 Å². The second kappa shape index (κ2) is 7.99. The van der Waals surface area contributed by atoms with E-state index in [0.717, 1.165) is 0 Å². The Morgan fingerprint density at radius 2 is 1.73 bits per heavy atom. The molecule has 136 valence electrons. The van der Waals surface area contributed by atoms with E-state index in [4.69, 9.17) is 21.6 Å². The Morgan fingerprint density at radius 1 is 1.12 bits per heavy atom. The molecule has 9 heteroatoms. The number of benzene rings is 1. The van der Waals surface area contributed by atoms with Gasteiger partial charge in [-0.25, -0.2) is 23.1 Å². The van der Waals surface area contributed by atoms with Crippen LogP contribution in [0.25, 0.3) is 0 Å². The van der Waals surface area contributed by atoms with E-state index in [0.29, 0.717) is 36.3 Å². The predicted octanol–water partition coefficient (Wildman–Crippen LogP) is 2.67. The van der Waals surface area contributed by atoms with E-state index in [1.165, 1.54) is 36.7 Å². The molecule has 0 bridgehead atoms. The summed E-state index contributed by atoms with van der Waals surface area (Å²) in [6.07, 6.45) is 5.62. The van der Waals surface area contributed by atoms with Gasteiger partial charge in [0.05, 0.1) is 33.9 Å². The van der Waals surface area contributed by atoms with Crippen LogP contribution in [0.2, 0.25) is 5.02 Å². The molecule has 1 aliphatic carbocycles. The molecule has 0 atom stereocenters. The molecule has 0 saturated heterocycles. The van der Waals surface area contributed by atoms with E-state index in [-0.39, 0.29) is 23.1 Å². The lowest BCUT2D eigenvalue weighted by Crippen LogP contribution is -2.39. The second-order valence-electron chi connectivity index (χ2n) is 6.03. The molecule has 1 saturated carbocycles. The summed E-state index contributed by atoms with van der Waals surface area (Å²) in [7, 11) is -3.61. The topological polar surface area (TPSA) is 105 Å². The van der Waals surface area contributed by atoms with Crippen LogP contribution in [0.5, 0.6) is 6.01 Å². The molecule has 0 amide bonds. The summed E-state index contributed by atoms with van der Waals surface area (Å²) in [6.45, 7) is 0. The van der Waals surface area contributed by atoms with Gasteiger partial charge in [0, 0.05) is 6.04 Å². The number of sulfonamides is 1. The van der Waals surface area contributed by atoms with Crippen molar-refractivity contribution in [2.75, 3.05) is 0 Å². The molecule has 0 aliphatic heterocycles. The summed E-state index contributed by atoms with van der Waals surface area (Å²) in [5.41, 5.74) is 0.422. The lowest BCUT2D eigenvalue weighted by molar-refractivity contribution is 0.132. The fourth-order valence-corrected chi connectivity index (χ4v) is 4.21. The molecule has 1 N–H and O–H groups in total. The van der Waals surface area contributed by atoms with E-state index in [1.807, 2.05) is 6.07 Å². The summed E-state index contributed by atoms with van der Waals surface area (Å²) < 4.78 is 33.3. The fraction of sp³-hybridized carbons (Fsp3) is 0.353. The molecule has 1 fully saturated rings. The van der Waals surface area contributed by atoms with Crippen LogP contribution in [-0.2, 0) is 10.0 Å². The smallest absolute Gasteiger partial charge is 0.316 e. The number of hydrogen-bond acceptors (Lipinski definition) is 6. The second-order valence-corrected chi connectivity index (χ2v) is 8.18. The third-order valence-electron chi connectivity index (χ3n) is 4.16. The van der Waals surface area contributed by atoms with Crippen LogP contribution in [-0.4, -0.2) is 30.5 Å². The highest BCUT2D eigenvalue weighted by Gasteiger charge is 2.27. The Bertz CT molecular complexity index is 887. The van der Waals surface area contributed by atoms with Gasteiger partial charge in [-0.1, -0.05) is 11.6 Å². The van der Waals surface area contributed by atoms with Crippen molar-refractivity contribution in [2.45, 2.75) is 42.7 Å². The molecule has 26 heavy (non-hydrogen) atoms. The van der Waals surface area contributed by atoms with Crippen LogP contribution >= 0.6 is 11.6 Å². The Hall–Kier alpha value is -2.21. The first kappa shape index (κ1) is 18.6. The average Bonchev–Trinajstić information content (AvgIpc) is 2.65. The lowest BCUT2D eigenvalue weighted by atomic mass is 9.94. The van der Waals surface area contributed by atoms with Crippen molar-refractivity contribution >= 4 is 21.6 Å². The number of nitrogens with one attached hydrogen (secondary N) is 1. The van der Waals surface area contributed by atoms with E-state index in [1.54, 1.807) is 0 Å². The molecule has 7 nitrogen and oxygen atoms in total. The van der Waals surface area contributed by atoms with Gasteiger partial charge in [0.15, 0.2) is 0 Å². The number of ether oxygens (including phenoxy) is 1. The highest BCUT2D eigenvalue weighted by atomic mass is 35.5. The maximum atomic E-state index is 12.4. The minimum Gasteiger partial charge on any atom is -0.460 e. The Morgan fingerprint density at radius 3 is 2.31 bits per heavy atom. The SMILES string of the molecule is N#Cc1ccc(S(=O)(=O)NC2CCC(Oc3ncc(Cl)cn3)CC2)cc1. The predicted molar refractivity (Wildman–Crippen MR) is 95.2 cm³/mol. The fourth-order valence-electron chi connectivity index (χ4n) is 2.80. The van der Waals surface area contributed by atoms with Crippen molar-refractivity contribution in [2.24, 2.45) is 0 Å². The van der Waals surface area contributed by atoms with Crippen LogP contribution in [0, 0.1) is 11.3 Å². The summed E-state index contributed by atoms with van der Waals surface area (Å²) in [5.74, 6) is 0. The number of nitrogens with zero attached hydrogens (tertiary/aromatic N) is 3.